The summed E-state index contributed by atoms with van der Waals surface area (Å²) in [5.74, 6) is -0.658. The number of hydrogen-bond acceptors (Lipinski definition) is 6. The van der Waals surface area contributed by atoms with E-state index in [4.69, 9.17) is 23.7 Å². The molecule has 0 aliphatic carbocycles. The van der Waals surface area contributed by atoms with Crippen LogP contribution in [0, 0.1) is 23.7 Å². The Morgan fingerprint density at radius 1 is 0.963 bits per heavy atom. The molecule has 1 N–H and O–H groups in total. The molecule has 0 spiro atoms. The summed E-state index contributed by atoms with van der Waals surface area (Å²) < 4.78 is 30.3. The first kappa shape index (κ1) is 23.0. The minimum atomic E-state index is -0.706. The normalized spacial score (nSPS) is 39.6. The zero-order valence-corrected chi connectivity index (χ0v) is 18.5. The van der Waals surface area contributed by atoms with Crippen molar-refractivity contribution < 1.29 is 28.8 Å². The molecule has 2 saturated heterocycles. The SMILES string of the molecule is COC(CO)[C@@H](C)[C@H]1OC(C)(C)O[C@H]([C@H](C)[C@H]2OC(C)(C)OC[C@@H]2C)[C@H]1C. The number of aliphatic hydroxyl groups excluding tert-OH is 1. The monoisotopic (exact) mass is 388 g/mol. The van der Waals surface area contributed by atoms with E-state index in [2.05, 4.69) is 27.7 Å². The maximum atomic E-state index is 9.67. The summed E-state index contributed by atoms with van der Waals surface area (Å²) in [5.41, 5.74) is 0. The molecule has 0 radical (unpaired) electrons. The maximum Gasteiger partial charge on any atom is 0.163 e. The van der Waals surface area contributed by atoms with Crippen LogP contribution in [0.2, 0.25) is 0 Å². The topological polar surface area (TPSA) is 66.4 Å². The van der Waals surface area contributed by atoms with Gasteiger partial charge in [-0.15, -0.1) is 0 Å². The third kappa shape index (κ3) is 5.22. The van der Waals surface area contributed by atoms with Crippen LogP contribution in [-0.4, -0.2) is 61.4 Å². The highest BCUT2D eigenvalue weighted by Gasteiger charge is 2.50. The van der Waals surface area contributed by atoms with Crippen molar-refractivity contribution in [3.05, 3.63) is 0 Å². The van der Waals surface area contributed by atoms with Crippen LogP contribution in [0.4, 0.5) is 0 Å². The molecule has 0 aromatic carbocycles. The van der Waals surface area contributed by atoms with Gasteiger partial charge in [-0.2, -0.15) is 0 Å². The largest absolute Gasteiger partial charge is 0.394 e. The van der Waals surface area contributed by atoms with Crippen LogP contribution in [0.1, 0.15) is 55.4 Å². The second-order valence-corrected chi connectivity index (χ2v) is 9.37. The average Bonchev–Trinajstić information content (AvgIpc) is 2.59. The van der Waals surface area contributed by atoms with Crippen LogP contribution >= 0.6 is 0 Å². The van der Waals surface area contributed by atoms with E-state index < -0.39 is 11.6 Å². The van der Waals surface area contributed by atoms with Crippen LogP contribution in [0.25, 0.3) is 0 Å². The summed E-state index contributed by atoms with van der Waals surface area (Å²) in [6.07, 6.45) is -0.332. The van der Waals surface area contributed by atoms with Crippen molar-refractivity contribution in [2.45, 2.75) is 91.4 Å². The van der Waals surface area contributed by atoms with Crippen molar-refractivity contribution >= 4 is 0 Å². The standard InChI is InChI=1S/C21H40O6/c1-12-11-24-20(5,6)25-17(12)14(3)19-15(4)18(26-21(7,8)27-19)13(2)16(10-22)23-9/h12-19,22H,10-11H2,1-9H3/t12-,13+,14+,15-,16?,17-,18+,19+/m0/s1. The van der Waals surface area contributed by atoms with Gasteiger partial charge in [0.25, 0.3) is 0 Å². The summed E-state index contributed by atoms with van der Waals surface area (Å²) in [6, 6.07) is 0. The van der Waals surface area contributed by atoms with Crippen molar-refractivity contribution in [1.82, 2.24) is 0 Å². The molecule has 0 amide bonds. The number of methoxy groups -OCH3 is 1. The third-order valence-corrected chi connectivity index (χ3v) is 6.17. The first-order valence-corrected chi connectivity index (χ1v) is 10.2. The van der Waals surface area contributed by atoms with E-state index in [1.807, 2.05) is 27.7 Å². The van der Waals surface area contributed by atoms with Crippen molar-refractivity contribution in [2.75, 3.05) is 20.3 Å². The zero-order valence-electron chi connectivity index (χ0n) is 18.5. The van der Waals surface area contributed by atoms with E-state index >= 15 is 0 Å². The van der Waals surface area contributed by atoms with Gasteiger partial charge in [0.2, 0.25) is 0 Å². The molecule has 1 unspecified atom stereocenters. The molecule has 2 heterocycles. The number of hydrogen-bond donors (Lipinski definition) is 1. The molecule has 6 nitrogen and oxygen atoms in total. The van der Waals surface area contributed by atoms with Crippen LogP contribution in [0.3, 0.4) is 0 Å². The highest BCUT2D eigenvalue weighted by molar-refractivity contribution is 4.93. The number of rotatable bonds is 6. The van der Waals surface area contributed by atoms with Gasteiger partial charge in [0.05, 0.1) is 37.6 Å². The molecule has 2 rings (SSSR count). The molecule has 8 atom stereocenters. The van der Waals surface area contributed by atoms with Crippen LogP contribution in [-0.2, 0) is 23.7 Å². The molecule has 0 aromatic rings. The van der Waals surface area contributed by atoms with Crippen LogP contribution in [0.5, 0.6) is 0 Å². The molecule has 160 valence electrons. The molecule has 2 aliphatic heterocycles. The van der Waals surface area contributed by atoms with E-state index in [0.717, 1.165) is 0 Å². The van der Waals surface area contributed by atoms with E-state index in [-0.39, 0.29) is 54.7 Å². The number of aliphatic hydroxyl groups is 1. The lowest BCUT2D eigenvalue weighted by molar-refractivity contribution is -0.356. The molecular formula is C21H40O6. The van der Waals surface area contributed by atoms with E-state index in [0.29, 0.717) is 6.61 Å². The minimum absolute atomic E-state index is 0.0277. The van der Waals surface area contributed by atoms with E-state index in [9.17, 15) is 5.11 Å². The minimum Gasteiger partial charge on any atom is -0.394 e. The third-order valence-electron chi connectivity index (χ3n) is 6.17. The Morgan fingerprint density at radius 3 is 2.07 bits per heavy atom. The Hall–Kier alpha value is -0.240. The van der Waals surface area contributed by atoms with Crippen LogP contribution in [0.15, 0.2) is 0 Å². The Labute approximate surface area is 164 Å². The van der Waals surface area contributed by atoms with Gasteiger partial charge in [-0.25, -0.2) is 0 Å². The molecule has 2 aliphatic rings. The lowest BCUT2D eigenvalue weighted by Crippen LogP contribution is -2.59. The Morgan fingerprint density at radius 2 is 1.52 bits per heavy atom. The lowest BCUT2D eigenvalue weighted by Gasteiger charge is -2.52. The van der Waals surface area contributed by atoms with Gasteiger partial charge < -0.3 is 28.8 Å². The van der Waals surface area contributed by atoms with Crippen LogP contribution < -0.4 is 0 Å². The molecule has 6 heteroatoms. The summed E-state index contributed by atoms with van der Waals surface area (Å²) in [4.78, 5) is 0. The smallest absolute Gasteiger partial charge is 0.163 e. The van der Waals surface area contributed by atoms with Gasteiger partial charge >= 0.3 is 0 Å². The van der Waals surface area contributed by atoms with Crippen molar-refractivity contribution in [3.8, 4) is 0 Å². The molecule has 0 aromatic heterocycles. The Balaban J connectivity index is 2.23. The summed E-state index contributed by atoms with van der Waals surface area (Å²) in [6.45, 7) is 17.1. The van der Waals surface area contributed by atoms with E-state index in [1.54, 1.807) is 7.11 Å². The Kier molecular flexibility index (Phi) is 7.37. The fourth-order valence-corrected chi connectivity index (χ4v) is 4.64. The van der Waals surface area contributed by atoms with E-state index in [1.165, 1.54) is 0 Å². The summed E-state index contributed by atoms with van der Waals surface area (Å²) in [5, 5.41) is 9.67. The predicted molar refractivity (Wildman–Crippen MR) is 103 cm³/mol. The van der Waals surface area contributed by atoms with Gasteiger partial charge in [0.15, 0.2) is 11.6 Å². The lowest BCUT2D eigenvalue weighted by atomic mass is 9.77. The zero-order chi connectivity index (χ0) is 20.6. The molecule has 2 fully saturated rings. The van der Waals surface area contributed by atoms with Gasteiger partial charge in [0, 0.05) is 30.8 Å². The highest BCUT2D eigenvalue weighted by atomic mass is 16.7. The average molecular weight is 389 g/mol. The fraction of sp³-hybridized carbons (Fsp3) is 1.00. The van der Waals surface area contributed by atoms with Crippen molar-refractivity contribution in [1.29, 1.82) is 0 Å². The van der Waals surface area contributed by atoms with Gasteiger partial charge in [0.1, 0.15) is 0 Å². The maximum absolute atomic E-state index is 9.67. The molecule has 0 bridgehead atoms. The summed E-state index contributed by atoms with van der Waals surface area (Å²) in [7, 11) is 1.63. The quantitative estimate of drug-likeness (QED) is 0.754. The molecular weight excluding hydrogens is 348 g/mol. The first-order chi connectivity index (χ1) is 12.4. The van der Waals surface area contributed by atoms with Gasteiger partial charge in [-0.05, 0) is 27.7 Å². The highest BCUT2D eigenvalue weighted by Crippen LogP contribution is 2.42. The second kappa shape index (κ2) is 8.64. The fourth-order valence-electron chi connectivity index (χ4n) is 4.64. The number of ether oxygens (including phenoxy) is 5. The molecule has 0 saturated carbocycles. The first-order valence-electron chi connectivity index (χ1n) is 10.2. The van der Waals surface area contributed by atoms with Crippen molar-refractivity contribution in [3.63, 3.8) is 0 Å². The Bertz CT molecular complexity index is 475. The van der Waals surface area contributed by atoms with Gasteiger partial charge in [-0.3, -0.25) is 0 Å². The molecule has 27 heavy (non-hydrogen) atoms. The van der Waals surface area contributed by atoms with Gasteiger partial charge in [-0.1, -0.05) is 27.7 Å². The predicted octanol–water partition coefficient (Wildman–Crippen LogP) is 3.21. The second-order valence-electron chi connectivity index (χ2n) is 9.37. The summed E-state index contributed by atoms with van der Waals surface area (Å²) >= 11 is 0. The van der Waals surface area contributed by atoms with Crippen molar-refractivity contribution in [2.24, 2.45) is 23.7 Å².